The molecule has 0 unspecified atom stereocenters. The van der Waals surface area contributed by atoms with E-state index in [4.69, 9.17) is 5.11 Å². The lowest BCUT2D eigenvalue weighted by Crippen LogP contribution is -2.47. The van der Waals surface area contributed by atoms with E-state index in [2.05, 4.69) is 0 Å². The van der Waals surface area contributed by atoms with Crippen LogP contribution < -0.4 is 5.32 Å². The molecule has 1 rings (SSSR count). The molecule has 0 aliphatic heterocycles. The number of carboxylic acids is 1. The monoisotopic (exact) mass is 275 g/mol. The van der Waals surface area contributed by atoms with Crippen molar-refractivity contribution in [3.8, 4) is 0 Å². The highest BCUT2D eigenvalue weighted by Gasteiger charge is 2.40. The lowest BCUT2D eigenvalue weighted by molar-refractivity contribution is -0.175. The minimum atomic E-state index is -5.08. The molecule has 19 heavy (non-hydrogen) atoms. The second kappa shape index (κ2) is 6.21. The quantitative estimate of drug-likeness (QED) is 0.860. The van der Waals surface area contributed by atoms with Crippen LogP contribution >= 0.6 is 0 Å². The van der Waals surface area contributed by atoms with Crippen LogP contribution in [0.3, 0.4) is 0 Å². The lowest BCUT2D eigenvalue weighted by atomic mass is 10.1. The van der Waals surface area contributed by atoms with Crippen LogP contribution in [0.5, 0.6) is 0 Å². The molecule has 0 aliphatic carbocycles. The number of amides is 1. The number of alkyl halides is 3. The van der Waals surface area contributed by atoms with Crippen molar-refractivity contribution in [1.29, 1.82) is 0 Å². The predicted molar refractivity (Wildman–Crippen MR) is 60.4 cm³/mol. The molecule has 0 fully saturated rings. The Kier molecular flexibility index (Phi) is 4.91. The van der Waals surface area contributed by atoms with Crippen molar-refractivity contribution >= 4 is 11.9 Å². The Hall–Kier alpha value is -2.05. The van der Waals surface area contributed by atoms with E-state index in [0.717, 1.165) is 5.56 Å². The number of benzene rings is 1. The fraction of sp³-hybridized carbons (Fsp3) is 0.333. The summed E-state index contributed by atoms with van der Waals surface area (Å²) < 4.78 is 36.1. The largest absolute Gasteiger partial charge is 0.480 e. The van der Waals surface area contributed by atoms with E-state index < -0.39 is 24.1 Å². The van der Waals surface area contributed by atoms with Gasteiger partial charge in [0, 0.05) is 0 Å². The predicted octanol–water partition coefficient (Wildman–Crippen LogP) is 1.75. The van der Waals surface area contributed by atoms with Crippen molar-refractivity contribution in [1.82, 2.24) is 5.32 Å². The summed E-state index contributed by atoms with van der Waals surface area (Å²) in [5, 5.41) is 10.2. The maximum atomic E-state index is 12.0. The molecular formula is C12H12F3NO3. The standard InChI is InChI=1S/C12H12F3NO3/c13-12(14,15)11(19)16-9(10(17)18)7-6-8-4-2-1-3-5-8/h1-5,9H,6-7H2,(H,16,19)(H,17,18)/t9-/m1/s1. The van der Waals surface area contributed by atoms with Crippen LogP contribution in [0.2, 0.25) is 0 Å². The third-order valence-corrected chi connectivity index (χ3v) is 2.43. The van der Waals surface area contributed by atoms with Crippen molar-refractivity contribution in [2.45, 2.75) is 25.1 Å². The topological polar surface area (TPSA) is 66.4 Å². The molecule has 1 aromatic carbocycles. The molecule has 2 N–H and O–H groups in total. The molecule has 0 aromatic heterocycles. The first kappa shape index (κ1) is 15.0. The molecule has 7 heteroatoms. The van der Waals surface area contributed by atoms with E-state index in [1.165, 1.54) is 5.32 Å². The molecule has 0 saturated heterocycles. The first-order valence-corrected chi connectivity index (χ1v) is 5.45. The molecular weight excluding hydrogens is 263 g/mol. The van der Waals surface area contributed by atoms with Crippen LogP contribution in [0.1, 0.15) is 12.0 Å². The average Bonchev–Trinajstić information content (AvgIpc) is 2.33. The van der Waals surface area contributed by atoms with E-state index in [1.807, 2.05) is 0 Å². The summed E-state index contributed by atoms with van der Waals surface area (Å²) in [7, 11) is 0. The maximum absolute atomic E-state index is 12.0. The van der Waals surface area contributed by atoms with Gasteiger partial charge in [-0.05, 0) is 18.4 Å². The molecule has 0 saturated carbocycles. The summed E-state index contributed by atoms with van der Waals surface area (Å²) in [4.78, 5) is 21.5. The van der Waals surface area contributed by atoms with Gasteiger partial charge in [-0.1, -0.05) is 30.3 Å². The molecule has 4 nitrogen and oxygen atoms in total. The second-order valence-corrected chi connectivity index (χ2v) is 3.89. The zero-order valence-corrected chi connectivity index (χ0v) is 9.78. The fourth-order valence-corrected chi connectivity index (χ4v) is 1.45. The molecule has 0 spiro atoms. The zero-order valence-electron chi connectivity index (χ0n) is 9.78. The molecule has 0 aliphatic rings. The lowest BCUT2D eigenvalue weighted by Gasteiger charge is -2.15. The van der Waals surface area contributed by atoms with Gasteiger partial charge in [0.05, 0.1) is 0 Å². The van der Waals surface area contributed by atoms with Crippen molar-refractivity contribution in [3.05, 3.63) is 35.9 Å². The van der Waals surface area contributed by atoms with Gasteiger partial charge in [0.1, 0.15) is 6.04 Å². The number of carbonyl (C=O) groups is 2. The fourth-order valence-electron chi connectivity index (χ4n) is 1.45. The Bertz CT molecular complexity index is 445. The third-order valence-electron chi connectivity index (χ3n) is 2.43. The molecule has 1 amide bonds. The highest BCUT2D eigenvalue weighted by molar-refractivity contribution is 5.86. The van der Waals surface area contributed by atoms with Crippen molar-refractivity contribution in [2.75, 3.05) is 0 Å². The smallest absolute Gasteiger partial charge is 0.471 e. The van der Waals surface area contributed by atoms with Gasteiger partial charge in [0.25, 0.3) is 0 Å². The highest BCUT2D eigenvalue weighted by atomic mass is 19.4. The molecule has 0 bridgehead atoms. The number of aliphatic carboxylic acids is 1. The Labute approximate surface area is 107 Å². The van der Waals surface area contributed by atoms with Gasteiger partial charge in [-0.3, -0.25) is 4.79 Å². The molecule has 0 radical (unpaired) electrons. The van der Waals surface area contributed by atoms with Gasteiger partial charge in [-0.25, -0.2) is 4.79 Å². The maximum Gasteiger partial charge on any atom is 0.471 e. The third kappa shape index (κ3) is 4.99. The normalized spacial score (nSPS) is 12.8. The minimum absolute atomic E-state index is 0.110. The van der Waals surface area contributed by atoms with Gasteiger partial charge in [0.15, 0.2) is 0 Å². The van der Waals surface area contributed by atoms with Gasteiger partial charge in [0.2, 0.25) is 0 Å². The Morgan fingerprint density at radius 2 is 1.79 bits per heavy atom. The van der Waals surface area contributed by atoms with E-state index in [0.29, 0.717) is 0 Å². The molecule has 1 atom stereocenters. The Morgan fingerprint density at radius 1 is 1.21 bits per heavy atom. The van der Waals surface area contributed by atoms with Crippen molar-refractivity contribution in [3.63, 3.8) is 0 Å². The number of hydrogen-bond donors (Lipinski definition) is 2. The summed E-state index contributed by atoms with van der Waals surface area (Å²) in [5.41, 5.74) is 0.787. The van der Waals surface area contributed by atoms with Gasteiger partial charge in [-0.15, -0.1) is 0 Å². The first-order chi connectivity index (χ1) is 8.80. The summed E-state index contributed by atoms with van der Waals surface area (Å²) in [5.74, 6) is -3.73. The number of carbonyl (C=O) groups excluding carboxylic acids is 1. The van der Waals surface area contributed by atoms with Crippen LogP contribution in [-0.2, 0) is 16.0 Å². The van der Waals surface area contributed by atoms with Crippen LogP contribution in [-0.4, -0.2) is 29.2 Å². The van der Waals surface area contributed by atoms with Crippen LogP contribution in [0.15, 0.2) is 30.3 Å². The van der Waals surface area contributed by atoms with E-state index in [9.17, 15) is 22.8 Å². The van der Waals surface area contributed by atoms with Crippen LogP contribution in [0, 0.1) is 0 Å². The van der Waals surface area contributed by atoms with Crippen molar-refractivity contribution in [2.24, 2.45) is 0 Å². The Morgan fingerprint density at radius 3 is 2.26 bits per heavy atom. The van der Waals surface area contributed by atoms with Gasteiger partial charge >= 0.3 is 18.1 Å². The number of rotatable bonds is 5. The van der Waals surface area contributed by atoms with Crippen LogP contribution in [0.25, 0.3) is 0 Å². The molecule has 104 valence electrons. The number of nitrogens with one attached hydrogen (secondary N) is 1. The molecule has 0 heterocycles. The summed E-state index contributed by atoms with van der Waals surface area (Å²) in [6, 6.07) is 7.13. The summed E-state index contributed by atoms with van der Waals surface area (Å²) in [6.07, 6.45) is -4.93. The van der Waals surface area contributed by atoms with E-state index >= 15 is 0 Å². The summed E-state index contributed by atoms with van der Waals surface area (Å²) in [6.45, 7) is 0. The number of hydrogen-bond acceptors (Lipinski definition) is 2. The van der Waals surface area contributed by atoms with Crippen LogP contribution in [0.4, 0.5) is 13.2 Å². The highest BCUT2D eigenvalue weighted by Crippen LogP contribution is 2.15. The molecule has 1 aromatic rings. The van der Waals surface area contributed by atoms with Crippen molar-refractivity contribution < 1.29 is 27.9 Å². The minimum Gasteiger partial charge on any atom is -0.480 e. The summed E-state index contributed by atoms with van der Waals surface area (Å²) >= 11 is 0. The van der Waals surface area contributed by atoms with E-state index in [1.54, 1.807) is 30.3 Å². The zero-order chi connectivity index (χ0) is 14.5. The Balaban J connectivity index is 2.59. The number of carboxylic acid groups (broad SMARTS) is 1. The van der Waals surface area contributed by atoms with Gasteiger partial charge in [-0.2, -0.15) is 13.2 Å². The number of halogens is 3. The number of aryl methyl sites for hydroxylation is 1. The average molecular weight is 275 g/mol. The second-order valence-electron chi connectivity index (χ2n) is 3.89. The van der Waals surface area contributed by atoms with E-state index in [-0.39, 0.29) is 12.8 Å². The first-order valence-electron chi connectivity index (χ1n) is 5.45. The SMILES string of the molecule is O=C(O)[C@@H](CCc1ccccc1)NC(=O)C(F)(F)F. The van der Waals surface area contributed by atoms with Gasteiger partial charge < -0.3 is 10.4 Å².